The molecule has 86 valence electrons. The Kier molecular flexibility index (Phi) is 17.8. The van der Waals surface area contributed by atoms with E-state index in [1.54, 1.807) is 0 Å². The molecule has 0 aliphatic rings. The van der Waals surface area contributed by atoms with E-state index in [4.69, 9.17) is 20.3 Å². The standard InChI is InChI=1S/C3H4O3.C3H4O2.C2H4O2/c1-2-3(4)6-5;1-2-3(4)5;1-2(3)4/h2,5H,1H2;2H,1H2,(H,4,5);1H3,(H,3,4). The predicted molar refractivity (Wildman–Crippen MR) is 50.1 cm³/mol. The number of aliphatic carboxylic acids is 2. The Hall–Kier alpha value is -2.15. The van der Waals surface area contributed by atoms with E-state index in [1.165, 1.54) is 0 Å². The van der Waals surface area contributed by atoms with Gasteiger partial charge in [-0.2, -0.15) is 5.26 Å². The summed E-state index contributed by atoms with van der Waals surface area (Å²) in [5.41, 5.74) is 0. The molecule has 0 atom stereocenters. The summed E-state index contributed by atoms with van der Waals surface area (Å²) in [7, 11) is 0. The molecule has 0 spiro atoms. The predicted octanol–water partition coefficient (Wildman–Crippen LogP) is 0.536. The minimum Gasteiger partial charge on any atom is -0.481 e. The van der Waals surface area contributed by atoms with Crippen molar-refractivity contribution >= 4 is 17.9 Å². The van der Waals surface area contributed by atoms with Crippen molar-refractivity contribution in [1.29, 1.82) is 0 Å². The Bertz CT molecular complexity index is 227. The third-order valence-corrected chi connectivity index (χ3v) is 0.431. The van der Waals surface area contributed by atoms with Crippen molar-refractivity contribution in [2.75, 3.05) is 0 Å². The van der Waals surface area contributed by atoms with Gasteiger partial charge in [0.2, 0.25) is 0 Å². The molecule has 3 N–H and O–H groups in total. The Morgan fingerprint density at radius 2 is 1.40 bits per heavy atom. The highest BCUT2D eigenvalue weighted by Gasteiger charge is 1.85. The minimum atomic E-state index is -0.981. The van der Waals surface area contributed by atoms with Crippen LogP contribution in [0.15, 0.2) is 25.3 Å². The fraction of sp³-hybridized carbons (Fsp3) is 0.125. The maximum atomic E-state index is 9.59. The van der Waals surface area contributed by atoms with Gasteiger partial charge in [-0.05, 0) is 0 Å². The van der Waals surface area contributed by atoms with Gasteiger partial charge < -0.3 is 10.2 Å². The van der Waals surface area contributed by atoms with Crippen LogP contribution in [0.2, 0.25) is 0 Å². The number of carboxylic acid groups (broad SMARTS) is 2. The Morgan fingerprint density at radius 1 is 1.13 bits per heavy atom. The Labute approximate surface area is 85.8 Å². The Balaban J connectivity index is -0.000000147. The van der Waals surface area contributed by atoms with Crippen LogP contribution in [-0.4, -0.2) is 33.4 Å². The number of carbonyl (C=O) groups is 3. The first kappa shape index (κ1) is 18.6. The highest BCUT2D eigenvalue weighted by molar-refractivity contribution is 5.80. The van der Waals surface area contributed by atoms with E-state index in [1.807, 2.05) is 0 Å². The third-order valence-electron chi connectivity index (χ3n) is 0.431. The molecule has 0 bridgehead atoms. The Morgan fingerprint density at radius 3 is 1.40 bits per heavy atom. The van der Waals surface area contributed by atoms with E-state index in [-0.39, 0.29) is 0 Å². The van der Waals surface area contributed by atoms with E-state index in [0.717, 1.165) is 19.1 Å². The summed E-state index contributed by atoms with van der Waals surface area (Å²) in [5.74, 6) is -2.65. The van der Waals surface area contributed by atoms with Gasteiger partial charge in [0.15, 0.2) is 0 Å². The first-order valence-electron chi connectivity index (χ1n) is 3.34. The molecule has 0 aromatic carbocycles. The van der Waals surface area contributed by atoms with Crippen molar-refractivity contribution in [3.05, 3.63) is 25.3 Å². The molecule has 0 unspecified atom stereocenters. The SMILES string of the molecule is C=CC(=O)O.C=CC(=O)OO.CC(=O)O. The lowest BCUT2D eigenvalue weighted by Crippen LogP contribution is -1.92. The number of carboxylic acids is 2. The topological polar surface area (TPSA) is 121 Å². The van der Waals surface area contributed by atoms with Gasteiger partial charge in [-0.25, -0.2) is 9.59 Å². The quantitative estimate of drug-likeness (QED) is 0.352. The molecule has 0 aromatic rings. The smallest absolute Gasteiger partial charge is 0.365 e. The summed E-state index contributed by atoms with van der Waals surface area (Å²) >= 11 is 0. The van der Waals surface area contributed by atoms with Crippen LogP contribution in [0.25, 0.3) is 0 Å². The highest BCUT2D eigenvalue weighted by atomic mass is 17.1. The fourth-order valence-electron chi connectivity index (χ4n) is 0.0373. The van der Waals surface area contributed by atoms with Crippen LogP contribution in [0, 0.1) is 0 Å². The van der Waals surface area contributed by atoms with Gasteiger partial charge in [0.05, 0.1) is 0 Å². The lowest BCUT2D eigenvalue weighted by atomic mass is 10.7. The second-order valence-corrected chi connectivity index (χ2v) is 1.68. The van der Waals surface area contributed by atoms with Gasteiger partial charge in [0, 0.05) is 19.1 Å². The molecule has 0 aromatic heterocycles. The van der Waals surface area contributed by atoms with Crippen molar-refractivity contribution in [2.45, 2.75) is 6.92 Å². The minimum absolute atomic E-state index is 0.833. The number of hydrogen-bond acceptors (Lipinski definition) is 5. The molecule has 0 radical (unpaired) electrons. The van der Waals surface area contributed by atoms with E-state index < -0.39 is 17.9 Å². The molecule has 0 heterocycles. The zero-order valence-corrected chi connectivity index (χ0v) is 8.04. The van der Waals surface area contributed by atoms with Gasteiger partial charge in [0.1, 0.15) is 0 Å². The van der Waals surface area contributed by atoms with Crippen LogP contribution in [0.5, 0.6) is 0 Å². The van der Waals surface area contributed by atoms with Crippen molar-refractivity contribution in [1.82, 2.24) is 0 Å². The largest absolute Gasteiger partial charge is 0.481 e. The molecule has 0 rings (SSSR count). The highest BCUT2D eigenvalue weighted by Crippen LogP contribution is 1.67. The van der Waals surface area contributed by atoms with Gasteiger partial charge in [-0.1, -0.05) is 13.2 Å². The van der Waals surface area contributed by atoms with Gasteiger partial charge in [-0.3, -0.25) is 9.68 Å². The summed E-state index contributed by atoms with van der Waals surface area (Å²) in [6.07, 6.45) is 1.69. The first-order valence-corrected chi connectivity index (χ1v) is 3.34. The third kappa shape index (κ3) is 77.6. The molecule has 0 aliphatic carbocycles. The summed E-state index contributed by atoms with van der Waals surface area (Å²) in [6.45, 7) is 7.04. The number of carbonyl (C=O) groups excluding carboxylic acids is 1. The fourth-order valence-corrected chi connectivity index (χ4v) is 0.0373. The lowest BCUT2D eigenvalue weighted by Gasteiger charge is -1.78. The van der Waals surface area contributed by atoms with Crippen molar-refractivity contribution in [2.24, 2.45) is 0 Å². The van der Waals surface area contributed by atoms with Crippen LogP contribution in [0.3, 0.4) is 0 Å². The molecule has 7 heteroatoms. The van der Waals surface area contributed by atoms with E-state index in [9.17, 15) is 9.59 Å². The number of rotatable bonds is 2. The molecular formula is C8H12O7. The van der Waals surface area contributed by atoms with Crippen LogP contribution < -0.4 is 0 Å². The first-order chi connectivity index (χ1) is 6.81. The van der Waals surface area contributed by atoms with E-state index in [0.29, 0.717) is 0 Å². The molecule has 7 nitrogen and oxygen atoms in total. The van der Waals surface area contributed by atoms with Crippen molar-refractivity contribution in [3.63, 3.8) is 0 Å². The monoisotopic (exact) mass is 220 g/mol. The molecule has 0 saturated heterocycles. The zero-order valence-electron chi connectivity index (χ0n) is 8.04. The second-order valence-electron chi connectivity index (χ2n) is 1.68. The maximum absolute atomic E-state index is 9.59. The molecule has 0 amide bonds. The van der Waals surface area contributed by atoms with Gasteiger partial charge in [0.25, 0.3) is 5.97 Å². The van der Waals surface area contributed by atoms with Gasteiger partial charge >= 0.3 is 11.9 Å². The van der Waals surface area contributed by atoms with Crippen LogP contribution >= 0.6 is 0 Å². The normalized spacial score (nSPS) is 6.53. The summed E-state index contributed by atoms with van der Waals surface area (Å²) in [6, 6.07) is 0. The lowest BCUT2D eigenvalue weighted by molar-refractivity contribution is -0.228. The maximum Gasteiger partial charge on any atom is 0.365 e. The van der Waals surface area contributed by atoms with Crippen LogP contribution in [-0.2, 0) is 19.3 Å². The molecule has 15 heavy (non-hydrogen) atoms. The van der Waals surface area contributed by atoms with Gasteiger partial charge in [-0.15, -0.1) is 0 Å². The summed E-state index contributed by atoms with van der Waals surface area (Å²) in [4.78, 5) is 31.0. The van der Waals surface area contributed by atoms with E-state index in [2.05, 4.69) is 18.0 Å². The van der Waals surface area contributed by atoms with Crippen LogP contribution in [0.4, 0.5) is 0 Å². The van der Waals surface area contributed by atoms with E-state index >= 15 is 0 Å². The molecule has 0 fully saturated rings. The van der Waals surface area contributed by atoms with Crippen molar-refractivity contribution in [3.8, 4) is 0 Å². The average Bonchev–Trinajstić information content (AvgIpc) is 2.16. The molecule has 0 saturated carbocycles. The van der Waals surface area contributed by atoms with Crippen molar-refractivity contribution < 1.29 is 34.7 Å². The molecular weight excluding hydrogens is 208 g/mol. The number of hydrogen-bond donors (Lipinski definition) is 3. The second kappa shape index (κ2) is 14.4. The summed E-state index contributed by atoms with van der Waals surface area (Å²) in [5, 5.41) is 22.4. The van der Waals surface area contributed by atoms with Crippen LogP contribution in [0.1, 0.15) is 6.92 Å². The molecule has 0 aliphatic heterocycles. The zero-order chi connectivity index (χ0) is 12.9. The summed E-state index contributed by atoms with van der Waals surface area (Å²) < 4.78 is 0. The average molecular weight is 220 g/mol.